The number of nitrogens with one attached hydrogen (secondary N) is 1. The van der Waals surface area contributed by atoms with Gasteiger partial charge in [0, 0.05) is 18.3 Å². The molecule has 128 valence electrons. The van der Waals surface area contributed by atoms with Crippen molar-refractivity contribution in [2.75, 3.05) is 25.9 Å². The van der Waals surface area contributed by atoms with Gasteiger partial charge in [-0.25, -0.2) is 8.42 Å². The van der Waals surface area contributed by atoms with Crippen molar-refractivity contribution in [3.63, 3.8) is 0 Å². The van der Waals surface area contributed by atoms with E-state index in [9.17, 15) is 8.42 Å². The SMILES string of the molecule is CC(c1ccc(S(C)(=O)=O)cc1)N1CCC(C2CCCN2)CC1. The van der Waals surface area contributed by atoms with Gasteiger partial charge in [-0.15, -0.1) is 0 Å². The Morgan fingerprint density at radius 1 is 1.13 bits per heavy atom. The van der Waals surface area contributed by atoms with Crippen LogP contribution in [0.1, 0.15) is 44.2 Å². The first kappa shape index (κ1) is 16.9. The van der Waals surface area contributed by atoms with Gasteiger partial charge in [0.1, 0.15) is 0 Å². The van der Waals surface area contributed by atoms with Gasteiger partial charge in [0.15, 0.2) is 9.84 Å². The fourth-order valence-corrected chi connectivity index (χ4v) is 4.66. The van der Waals surface area contributed by atoms with E-state index in [0.717, 1.165) is 25.0 Å². The second kappa shape index (κ2) is 6.91. The number of nitrogens with zero attached hydrogens (tertiary/aromatic N) is 1. The van der Waals surface area contributed by atoms with Crippen LogP contribution in [-0.2, 0) is 9.84 Å². The molecule has 0 spiro atoms. The highest BCUT2D eigenvalue weighted by Gasteiger charge is 2.30. The Labute approximate surface area is 140 Å². The molecule has 3 rings (SSSR count). The third-order valence-electron chi connectivity index (χ3n) is 5.58. The predicted octanol–water partition coefficient (Wildman–Crippen LogP) is 2.62. The molecule has 1 aromatic carbocycles. The van der Waals surface area contributed by atoms with Crippen LogP contribution in [0.25, 0.3) is 0 Å². The van der Waals surface area contributed by atoms with Crippen LogP contribution in [0.15, 0.2) is 29.2 Å². The summed E-state index contributed by atoms with van der Waals surface area (Å²) in [6.45, 7) is 5.69. The molecule has 1 aromatic rings. The van der Waals surface area contributed by atoms with E-state index in [0.29, 0.717) is 10.9 Å². The van der Waals surface area contributed by atoms with Crippen molar-refractivity contribution in [1.82, 2.24) is 10.2 Å². The highest BCUT2D eigenvalue weighted by atomic mass is 32.2. The zero-order valence-electron chi connectivity index (χ0n) is 14.2. The quantitative estimate of drug-likeness (QED) is 0.918. The fourth-order valence-electron chi connectivity index (χ4n) is 4.03. The molecule has 2 heterocycles. The highest BCUT2D eigenvalue weighted by molar-refractivity contribution is 7.90. The lowest BCUT2D eigenvalue weighted by Gasteiger charge is -2.38. The average Bonchev–Trinajstić information content (AvgIpc) is 3.08. The van der Waals surface area contributed by atoms with Crippen molar-refractivity contribution < 1.29 is 8.42 Å². The van der Waals surface area contributed by atoms with E-state index in [1.807, 2.05) is 12.1 Å². The minimum Gasteiger partial charge on any atom is -0.314 e. The van der Waals surface area contributed by atoms with Crippen LogP contribution in [0.5, 0.6) is 0 Å². The summed E-state index contributed by atoms with van der Waals surface area (Å²) < 4.78 is 23.1. The summed E-state index contributed by atoms with van der Waals surface area (Å²) in [4.78, 5) is 2.93. The van der Waals surface area contributed by atoms with Gasteiger partial charge in [0.05, 0.1) is 4.90 Å². The molecule has 0 amide bonds. The molecule has 23 heavy (non-hydrogen) atoms. The van der Waals surface area contributed by atoms with Crippen LogP contribution >= 0.6 is 0 Å². The van der Waals surface area contributed by atoms with Crippen molar-refractivity contribution >= 4 is 9.84 Å². The van der Waals surface area contributed by atoms with Gasteiger partial charge in [-0.3, -0.25) is 4.90 Å². The first-order valence-corrected chi connectivity index (χ1v) is 10.6. The van der Waals surface area contributed by atoms with Crippen molar-refractivity contribution in [2.24, 2.45) is 5.92 Å². The molecule has 2 aliphatic heterocycles. The summed E-state index contributed by atoms with van der Waals surface area (Å²) in [5.41, 5.74) is 1.20. The van der Waals surface area contributed by atoms with E-state index in [2.05, 4.69) is 17.1 Å². The molecular weight excluding hydrogens is 308 g/mol. The standard InChI is InChI=1S/C18H28N2O2S/c1-14(15-5-7-17(8-6-15)23(2,21)22)20-12-9-16(10-13-20)18-4-3-11-19-18/h5-8,14,16,18-19H,3-4,9-13H2,1-2H3. The second-order valence-corrected chi connectivity index (χ2v) is 9.11. The van der Waals surface area contributed by atoms with Crippen molar-refractivity contribution in [2.45, 2.75) is 49.6 Å². The maximum atomic E-state index is 11.6. The van der Waals surface area contributed by atoms with E-state index < -0.39 is 9.84 Å². The Morgan fingerprint density at radius 3 is 2.30 bits per heavy atom. The average molecular weight is 337 g/mol. The number of hydrogen-bond acceptors (Lipinski definition) is 4. The Morgan fingerprint density at radius 2 is 1.78 bits per heavy atom. The molecule has 2 fully saturated rings. The van der Waals surface area contributed by atoms with Crippen LogP contribution in [0, 0.1) is 5.92 Å². The van der Waals surface area contributed by atoms with Gasteiger partial charge in [-0.1, -0.05) is 12.1 Å². The Balaban J connectivity index is 1.59. The number of benzene rings is 1. The normalized spacial score (nSPS) is 25.6. The highest BCUT2D eigenvalue weighted by Crippen LogP contribution is 2.30. The van der Waals surface area contributed by atoms with Crippen molar-refractivity contribution in [1.29, 1.82) is 0 Å². The minimum absolute atomic E-state index is 0.348. The minimum atomic E-state index is -3.11. The zero-order chi connectivity index (χ0) is 16.4. The molecule has 0 aliphatic carbocycles. The van der Waals surface area contributed by atoms with Crippen molar-refractivity contribution in [3.05, 3.63) is 29.8 Å². The summed E-state index contributed by atoms with van der Waals surface area (Å²) in [7, 11) is -3.11. The summed E-state index contributed by atoms with van der Waals surface area (Å²) in [5.74, 6) is 0.827. The molecule has 5 heteroatoms. The first-order chi connectivity index (χ1) is 10.9. The number of piperidine rings is 1. The zero-order valence-corrected chi connectivity index (χ0v) is 15.0. The fraction of sp³-hybridized carbons (Fsp3) is 0.667. The van der Waals surface area contributed by atoms with Crippen LogP contribution in [0.3, 0.4) is 0 Å². The first-order valence-electron chi connectivity index (χ1n) is 8.72. The third-order valence-corrected chi connectivity index (χ3v) is 6.71. The molecule has 0 bridgehead atoms. The molecule has 1 N–H and O–H groups in total. The smallest absolute Gasteiger partial charge is 0.175 e. The molecule has 2 unspecified atom stereocenters. The largest absolute Gasteiger partial charge is 0.314 e. The van der Waals surface area contributed by atoms with Gasteiger partial charge in [-0.05, 0) is 75.9 Å². The summed E-state index contributed by atoms with van der Waals surface area (Å²) in [6, 6.07) is 8.48. The monoisotopic (exact) mass is 336 g/mol. The topological polar surface area (TPSA) is 49.4 Å². The lowest BCUT2D eigenvalue weighted by molar-refractivity contribution is 0.126. The van der Waals surface area contributed by atoms with Crippen LogP contribution in [0.4, 0.5) is 0 Å². The molecular formula is C18H28N2O2S. The lowest BCUT2D eigenvalue weighted by atomic mass is 9.87. The van der Waals surface area contributed by atoms with E-state index in [-0.39, 0.29) is 0 Å². The van der Waals surface area contributed by atoms with Gasteiger partial charge >= 0.3 is 0 Å². The maximum absolute atomic E-state index is 11.6. The molecule has 2 saturated heterocycles. The Kier molecular flexibility index (Phi) is 5.09. The molecule has 2 aliphatic rings. The van der Waals surface area contributed by atoms with Gasteiger partial charge in [-0.2, -0.15) is 0 Å². The summed E-state index contributed by atoms with van der Waals surface area (Å²) in [6.07, 6.45) is 6.46. The predicted molar refractivity (Wildman–Crippen MR) is 93.3 cm³/mol. The molecule has 0 aromatic heterocycles. The lowest BCUT2D eigenvalue weighted by Crippen LogP contribution is -2.41. The maximum Gasteiger partial charge on any atom is 0.175 e. The van der Waals surface area contributed by atoms with E-state index >= 15 is 0 Å². The van der Waals surface area contributed by atoms with Crippen LogP contribution in [0.2, 0.25) is 0 Å². The summed E-state index contributed by atoms with van der Waals surface area (Å²) >= 11 is 0. The molecule has 2 atom stereocenters. The van der Waals surface area contributed by atoms with E-state index in [4.69, 9.17) is 0 Å². The van der Waals surface area contributed by atoms with Gasteiger partial charge < -0.3 is 5.32 Å². The number of sulfone groups is 1. The summed E-state index contributed by atoms with van der Waals surface area (Å²) in [5, 5.41) is 3.65. The van der Waals surface area contributed by atoms with E-state index in [1.54, 1.807) is 12.1 Å². The third kappa shape index (κ3) is 3.95. The van der Waals surface area contributed by atoms with E-state index in [1.165, 1.54) is 44.0 Å². The number of rotatable bonds is 4. The molecule has 4 nitrogen and oxygen atoms in total. The Bertz CT molecular complexity index is 613. The van der Waals surface area contributed by atoms with Gasteiger partial charge in [0.25, 0.3) is 0 Å². The van der Waals surface area contributed by atoms with Gasteiger partial charge in [0.2, 0.25) is 0 Å². The number of likely N-dealkylation sites (tertiary alicyclic amines) is 1. The molecule has 0 radical (unpaired) electrons. The second-order valence-electron chi connectivity index (χ2n) is 7.09. The van der Waals surface area contributed by atoms with Crippen LogP contribution in [-0.4, -0.2) is 45.2 Å². The number of hydrogen-bond donors (Lipinski definition) is 1. The Hall–Kier alpha value is -0.910. The van der Waals surface area contributed by atoms with Crippen molar-refractivity contribution in [3.8, 4) is 0 Å². The molecule has 0 saturated carbocycles. The van der Waals surface area contributed by atoms with Crippen LogP contribution < -0.4 is 5.32 Å².